The molecular weight excluding hydrogens is 439 g/mol. The number of thiophene rings is 1. The Balaban J connectivity index is 0.00000240. The molecule has 8 nitrogen and oxygen atoms in total. The summed E-state index contributed by atoms with van der Waals surface area (Å²) < 4.78 is 10.5. The molecule has 3 heterocycles. The Morgan fingerprint density at radius 1 is 1.28 bits per heavy atom. The normalized spacial score (nSPS) is 20.9. The fourth-order valence-corrected chi connectivity index (χ4v) is 4.01. The van der Waals surface area contributed by atoms with Crippen LogP contribution >= 0.6 is 35.3 Å². The Labute approximate surface area is 182 Å². The number of ether oxygens (including phenoxy) is 2. The lowest BCUT2D eigenvalue weighted by Crippen LogP contribution is -2.39. The summed E-state index contributed by atoms with van der Waals surface area (Å²) in [6.45, 7) is 1.20. The quantitative estimate of drug-likeness (QED) is 0.531. The molecular formula is C18H18Cl2N4O4S. The van der Waals surface area contributed by atoms with Crippen molar-refractivity contribution in [3.63, 3.8) is 0 Å². The minimum absolute atomic E-state index is 0. The first-order valence-electron chi connectivity index (χ1n) is 8.59. The second-order valence-corrected chi connectivity index (χ2v) is 7.57. The lowest BCUT2D eigenvalue weighted by atomic mass is 10.2. The van der Waals surface area contributed by atoms with E-state index in [0.717, 1.165) is 5.69 Å². The zero-order chi connectivity index (χ0) is 19.7. The molecule has 0 aliphatic carbocycles. The summed E-state index contributed by atoms with van der Waals surface area (Å²) in [4.78, 5) is 28.0. The van der Waals surface area contributed by atoms with Crippen LogP contribution in [0.4, 0.5) is 16.2 Å². The Kier molecular flexibility index (Phi) is 6.51. The summed E-state index contributed by atoms with van der Waals surface area (Å²) in [7, 11) is 0. The molecule has 0 saturated carbocycles. The highest BCUT2D eigenvalue weighted by Gasteiger charge is 2.41. The number of nitrogens with one attached hydrogen (secondary N) is 2. The monoisotopic (exact) mass is 456 g/mol. The van der Waals surface area contributed by atoms with Crippen LogP contribution in [0.1, 0.15) is 9.67 Å². The molecule has 11 heteroatoms. The van der Waals surface area contributed by atoms with Gasteiger partial charge in [0.15, 0.2) is 11.6 Å². The Morgan fingerprint density at radius 2 is 2.00 bits per heavy atom. The summed E-state index contributed by atoms with van der Waals surface area (Å²) in [5.41, 5.74) is 0.618. The van der Waals surface area contributed by atoms with Crippen molar-refractivity contribution in [2.75, 3.05) is 29.5 Å². The molecule has 2 aromatic rings. The first-order valence-corrected chi connectivity index (χ1v) is 9.91. The number of hydrogen-bond donors (Lipinski definition) is 2. The smallest absolute Gasteiger partial charge is 0.416 e. The van der Waals surface area contributed by atoms with Crippen LogP contribution in [0, 0.1) is 5.41 Å². The maximum atomic E-state index is 12.3. The molecule has 4 rings (SSSR count). The van der Waals surface area contributed by atoms with Gasteiger partial charge in [-0.15, -0.1) is 23.7 Å². The third-order valence-corrected chi connectivity index (χ3v) is 5.79. The summed E-state index contributed by atoms with van der Waals surface area (Å²) >= 11 is 7.77. The van der Waals surface area contributed by atoms with Crippen molar-refractivity contribution in [2.24, 2.45) is 0 Å². The number of benzene rings is 1. The molecule has 29 heavy (non-hydrogen) atoms. The van der Waals surface area contributed by atoms with Gasteiger partial charge in [0.1, 0.15) is 6.61 Å². The van der Waals surface area contributed by atoms with Crippen LogP contribution in [-0.4, -0.2) is 49.3 Å². The van der Waals surface area contributed by atoms with Gasteiger partial charge in [-0.3, -0.25) is 20.0 Å². The molecule has 1 unspecified atom stereocenters. The molecule has 2 aliphatic heterocycles. The van der Waals surface area contributed by atoms with E-state index < -0.39 is 17.7 Å². The maximum Gasteiger partial charge on any atom is 0.416 e. The molecule has 2 fully saturated rings. The van der Waals surface area contributed by atoms with Gasteiger partial charge in [-0.05, 0) is 35.7 Å². The van der Waals surface area contributed by atoms with Crippen molar-refractivity contribution in [3.8, 4) is 0 Å². The topological polar surface area (TPSA) is 95.0 Å². The molecule has 0 radical (unpaired) electrons. The zero-order valence-corrected chi connectivity index (χ0v) is 17.4. The van der Waals surface area contributed by atoms with Crippen LogP contribution in [0.3, 0.4) is 0 Å². The van der Waals surface area contributed by atoms with E-state index in [-0.39, 0.29) is 30.9 Å². The number of halogens is 2. The van der Waals surface area contributed by atoms with E-state index in [0.29, 0.717) is 23.7 Å². The van der Waals surface area contributed by atoms with Gasteiger partial charge >= 0.3 is 6.09 Å². The SMILES string of the molecule is Cl.N=C1OCCN1c1ccc(N2C(=O)O[C@@H](CNC(=O)c3cccs3)C2Cl)cc1. The number of cyclic esters (lactones) is 1. The van der Waals surface area contributed by atoms with Gasteiger partial charge in [-0.25, -0.2) is 4.79 Å². The predicted molar refractivity (Wildman–Crippen MR) is 114 cm³/mol. The molecule has 0 spiro atoms. The second-order valence-electron chi connectivity index (χ2n) is 6.17. The van der Waals surface area contributed by atoms with Gasteiger partial charge in [0.2, 0.25) is 0 Å². The minimum atomic E-state index is -0.754. The van der Waals surface area contributed by atoms with E-state index in [2.05, 4.69) is 5.32 Å². The van der Waals surface area contributed by atoms with Gasteiger partial charge in [0.05, 0.1) is 18.0 Å². The van der Waals surface area contributed by atoms with Crippen LogP contribution in [0.5, 0.6) is 0 Å². The van der Waals surface area contributed by atoms with Gasteiger partial charge in [0.25, 0.3) is 11.9 Å². The van der Waals surface area contributed by atoms with E-state index in [1.165, 1.54) is 16.2 Å². The van der Waals surface area contributed by atoms with E-state index in [1.807, 2.05) is 5.38 Å². The van der Waals surface area contributed by atoms with Gasteiger partial charge in [0, 0.05) is 11.4 Å². The zero-order valence-electron chi connectivity index (χ0n) is 15.0. The first kappa shape index (κ1) is 21.2. The van der Waals surface area contributed by atoms with Crippen LogP contribution in [0.25, 0.3) is 0 Å². The fraction of sp³-hybridized carbons (Fsp3) is 0.278. The number of rotatable bonds is 5. The number of carbonyl (C=O) groups is 2. The Hall–Kier alpha value is -2.49. The molecule has 2 aliphatic rings. The average molecular weight is 457 g/mol. The van der Waals surface area contributed by atoms with Crippen LogP contribution in [-0.2, 0) is 9.47 Å². The largest absolute Gasteiger partial charge is 0.463 e. The third kappa shape index (κ3) is 4.26. The molecule has 1 aromatic heterocycles. The highest BCUT2D eigenvalue weighted by atomic mass is 35.5. The van der Waals surface area contributed by atoms with E-state index >= 15 is 0 Å². The molecule has 2 N–H and O–H groups in total. The minimum Gasteiger partial charge on any atom is -0.463 e. The van der Waals surface area contributed by atoms with E-state index in [9.17, 15) is 9.59 Å². The molecule has 2 atom stereocenters. The van der Waals surface area contributed by atoms with Crippen molar-refractivity contribution >= 4 is 64.7 Å². The van der Waals surface area contributed by atoms with Crippen molar-refractivity contribution in [1.29, 1.82) is 5.41 Å². The lowest BCUT2D eigenvalue weighted by Gasteiger charge is -2.20. The molecule has 2 saturated heterocycles. The summed E-state index contributed by atoms with van der Waals surface area (Å²) in [6.07, 6.45) is -1.24. The number of carbonyl (C=O) groups excluding carboxylic acids is 2. The van der Waals surface area contributed by atoms with Gasteiger partial charge in [-0.2, -0.15) is 0 Å². The number of nitrogens with zero attached hydrogens (tertiary/aromatic N) is 2. The number of alkyl halides is 1. The molecule has 2 amide bonds. The Morgan fingerprint density at radius 3 is 2.62 bits per heavy atom. The molecule has 1 aromatic carbocycles. The summed E-state index contributed by atoms with van der Waals surface area (Å²) in [6, 6.07) is 10.7. The molecule has 154 valence electrons. The highest BCUT2D eigenvalue weighted by molar-refractivity contribution is 7.12. The average Bonchev–Trinajstić information content (AvgIpc) is 3.42. The number of anilines is 2. The van der Waals surface area contributed by atoms with Gasteiger partial charge < -0.3 is 14.8 Å². The van der Waals surface area contributed by atoms with Crippen molar-refractivity contribution in [2.45, 2.75) is 11.6 Å². The number of hydrogen-bond acceptors (Lipinski definition) is 6. The molecule has 0 bridgehead atoms. The maximum absolute atomic E-state index is 12.3. The van der Waals surface area contributed by atoms with Gasteiger partial charge in [-0.1, -0.05) is 17.7 Å². The summed E-state index contributed by atoms with van der Waals surface area (Å²) in [5.74, 6) is -0.229. The van der Waals surface area contributed by atoms with E-state index in [4.69, 9.17) is 26.5 Å². The number of amidine groups is 1. The van der Waals surface area contributed by atoms with Crippen molar-refractivity contribution in [3.05, 3.63) is 46.7 Å². The fourth-order valence-electron chi connectivity index (χ4n) is 3.04. The summed E-state index contributed by atoms with van der Waals surface area (Å²) in [5, 5.41) is 12.3. The number of amides is 2. The second kappa shape index (κ2) is 8.89. The first-order chi connectivity index (χ1) is 13.5. The predicted octanol–water partition coefficient (Wildman–Crippen LogP) is 3.26. The standard InChI is InChI=1S/C18H17ClN4O4S.ClH/c19-15-13(10-21-16(24)14-2-1-9-28-14)27-18(25)23(15)12-5-3-11(4-6-12)22-7-8-26-17(22)20;/h1-6,9,13,15,20H,7-8,10H2,(H,21,24);1H/t13-,15?;/m0./s1. The van der Waals surface area contributed by atoms with Crippen molar-refractivity contribution in [1.82, 2.24) is 5.32 Å². The Bertz CT molecular complexity index is 894. The van der Waals surface area contributed by atoms with Crippen molar-refractivity contribution < 1.29 is 19.1 Å². The van der Waals surface area contributed by atoms with Crippen LogP contribution in [0.15, 0.2) is 41.8 Å². The van der Waals surface area contributed by atoms with Crippen LogP contribution in [0.2, 0.25) is 0 Å². The van der Waals surface area contributed by atoms with Crippen LogP contribution < -0.4 is 15.1 Å². The lowest BCUT2D eigenvalue weighted by molar-refractivity contribution is 0.0916. The van der Waals surface area contributed by atoms with E-state index in [1.54, 1.807) is 41.3 Å². The third-order valence-electron chi connectivity index (χ3n) is 4.45. The highest BCUT2D eigenvalue weighted by Crippen LogP contribution is 2.31.